The van der Waals surface area contributed by atoms with Crippen molar-refractivity contribution in [2.75, 3.05) is 13.2 Å². The molecule has 0 saturated heterocycles. The van der Waals surface area contributed by atoms with E-state index in [1.54, 1.807) is 0 Å². The Balaban J connectivity index is 1.69. The number of carboxylic acid groups (broad SMARTS) is 1. The maximum atomic E-state index is 12.0. The predicted octanol–water partition coefficient (Wildman–Crippen LogP) is 5.23. The van der Waals surface area contributed by atoms with Gasteiger partial charge in [-0.05, 0) is 62.6 Å². The van der Waals surface area contributed by atoms with Crippen molar-refractivity contribution in [1.82, 2.24) is 9.88 Å². The van der Waals surface area contributed by atoms with Gasteiger partial charge in [0.15, 0.2) is 0 Å². The predicted molar refractivity (Wildman–Crippen MR) is 130 cm³/mol. The molecule has 5 heteroatoms. The Kier molecular flexibility index (Phi) is 7.90. The molecule has 0 aliphatic carbocycles. The number of aromatic nitrogens is 1. The molecule has 168 valence electrons. The third kappa shape index (κ3) is 5.48. The number of benzene rings is 2. The zero-order valence-electron chi connectivity index (χ0n) is 19.1. The van der Waals surface area contributed by atoms with Gasteiger partial charge in [0.25, 0.3) is 0 Å². The van der Waals surface area contributed by atoms with E-state index in [0.29, 0.717) is 25.3 Å². The lowest BCUT2D eigenvalue weighted by Crippen LogP contribution is -2.18. The van der Waals surface area contributed by atoms with Gasteiger partial charge in [-0.25, -0.2) is 4.79 Å². The Hall–Kier alpha value is -3.31. The Morgan fingerprint density at radius 1 is 1.06 bits per heavy atom. The summed E-state index contributed by atoms with van der Waals surface area (Å²) >= 11 is 0. The summed E-state index contributed by atoms with van der Waals surface area (Å²) in [5, 5.41) is 13.3. The van der Waals surface area contributed by atoms with Crippen molar-refractivity contribution in [3.8, 4) is 5.75 Å². The smallest absolute Gasteiger partial charge is 0.337 e. The second-order valence-electron chi connectivity index (χ2n) is 7.87. The fraction of sp³-hybridized carbons (Fsp3) is 0.296. The maximum absolute atomic E-state index is 12.0. The highest BCUT2D eigenvalue weighted by Crippen LogP contribution is 2.24. The number of ether oxygens (including phenoxy) is 1. The molecule has 0 saturated carbocycles. The van der Waals surface area contributed by atoms with Gasteiger partial charge in [0.1, 0.15) is 5.75 Å². The van der Waals surface area contributed by atoms with Crippen molar-refractivity contribution in [1.29, 1.82) is 0 Å². The number of carboxylic acids is 1. The van der Waals surface area contributed by atoms with Crippen LogP contribution in [0.4, 0.5) is 0 Å². The summed E-state index contributed by atoms with van der Waals surface area (Å²) in [5.74, 6) is -0.00320. The van der Waals surface area contributed by atoms with Gasteiger partial charge in [0.05, 0.1) is 12.2 Å². The van der Waals surface area contributed by atoms with Crippen LogP contribution in [0.3, 0.4) is 0 Å². The van der Waals surface area contributed by atoms with Gasteiger partial charge in [0.2, 0.25) is 0 Å². The summed E-state index contributed by atoms with van der Waals surface area (Å²) in [6.07, 6.45) is 2.68. The minimum atomic E-state index is -0.880. The molecule has 0 amide bonds. The highest BCUT2D eigenvalue weighted by Gasteiger charge is 2.22. The first-order valence-corrected chi connectivity index (χ1v) is 11.0. The van der Waals surface area contributed by atoms with Crippen LogP contribution in [0.2, 0.25) is 0 Å². The van der Waals surface area contributed by atoms with Gasteiger partial charge in [-0.3, -0.25) is 0 Å². The molecule has 0 aliphatic rings. The van der Waals surface area contributed by atoms with Crippen LogP contribution in [-0.4, -0.2) is 28.8 Å². The van der Waals surface area contributed by atoms with E-state index in [9.17, 15) is 9.90 Å². The van der Waals surface area contributed by atoms with Crippen LogP contribution in [0, 0.1) is 13.8 Å². The van der Waals surface area contributed by atoms with Crippen molar-refractivity contribution in [2.24, 2.45) is 0 Å². The second-order valence-corrected chi connectivity index (χ2v) is 7.87. The van der Waals surface area contributed by atoms with Crippen LogP contribution in [0.15, 0.2) is 55.1 Å². The van der Waals surface area contributed by atoms with E-state index in [1.165, 1.54) is 5.56 Å². The molecule has 3 aromatic rings. The Morgan fingerprint density at radius 3 is 2.31 bits per heavy atom. The minimum absolute atomic E-state index is 0.402. The third-order valence-corrected chi connectivity index (χ3v) is 5.81. The second kappa shape index (κ2) is 10.8. The van der Waals surface area contributed by atoms with E-state index in [-0.39, 0.29) is 0 Å². The van der Waals surface area contributed by atoms with Crippen LogP contribution in [0.25, 0.3) is 6.08 Å². The van der Waals surface area contributed by atoms with Gasteiger partial charge in [0, 0.05) is 30.0 Å². The molecule has 1 heterocycles. The van der Waals surface area contributed by atoms with E-state index in [4.69, 9.17) is 4.74 Å². The van der Waals surface area contributed by atoms with Crippen LogP contribution in [0.5, 0.6) is 5.75 Å². The van der Waals surface area contributed by atoms with Crippen LogP contribution in [0.1, 0.15) is 50.9 Å². The fourth-order valence-corrected chi connectivity index (χ4v) is 3.99. The van der Waals surface area contributed by atoms with E-state index >= 15 is 0 Å². The number of carbonyl (C=O) groups is 1. The largest absolute Gasteiger partial charge is 0.494 e. The van der Waals surface area contributed by atoms with Gasteiger partial charge in [-0.2, -0.15) is 0 Å². The fourth-order valence-electron chi connectivity index (χ4n) is 3.99. The molecule has 2 N–H and O–H groups in total. The van der Waals surface area contributed by atoms with Crippen molar-refractivity contribution in [3.63, 3.8) is 0 Å². The first-order chi connectivity index (χ1) is 15.4. The van der Waals surface area contributed by atoms with Gasteiger partial charge in [-0.15, -0.1) is 0 Å². The molecule has 2 aromatic carbocycles. The Bertz CT molecular complexity index is 1060. The first-order valence-electron chi connectivity index (χ1n) is 11.0. The molecule has 0 aliphatic heterocycles. The number of nitrogens with zero attached hydrogens (tertiary/aromatic N) is 1. The molecule has 0 unspecified atom stereocenters. The summed E-state index contributed by atoms with van der Waals surface area (Å²) in [7, 11) is 0. The van der Waals surface area contributed by atoms with E-state index in [1.807, 2.05) is 51.1 Å². The minimum Gasteiger partial charge on any atom is -0.494 e. The number of aromatic carboxylic acids is 1. The summed E-state index contributed by atoms with van der Waals surface area (Å²) in [6.45, 7) is 12.2. The van der Waals surface area contributed by atoms with E-state index < -0.39 is 5.97 Å². The molecule has 1 aromatic heterocycles. The highest BCUT2D eigenvalue weighted by atomic mass is 16.5. The van der Waals surface area contributed by atoms with Crippen molar-refractivity contribution >= 4 is 12.0 Å². The highest BCUT2D eigenvalue weighted by molar-refractivity contribution is 5.91. The summed E-state index contributed by atoms with van der Waals surface area (Å²) < 4.78 is 7.58. The average Bonchev–Trinajstić information content (AvgIpc) is 3.03. The number of rotatable bonds is 11. The van der Waals surface area contributed by atoms with Crippen LogP contribution < -0.4 is 10.1 Å². The number of nitrogens with one attached hydrogen (secondary N) is 1. The van der Waals surface area contributed by atoms with E-state index in [0.717, 1.165) is 46.8 Å². The summed E-state index contributed by atoms with van der Waals surface area (Å²) in [5.41, 5.74) is 6.44. The molecule has 0 fully saturated rings. The topological polar surface area (TPSA) is 63.5 Å². The molecular formula is C27H32N2O3. The van der Waals surface area contributed by atoms with E-state index in [2.05, 4.69) is 40.7 Å². The molecule has 5 nitrogen and oxygen atoms in total. The van der Waals surface area contributed by atoms with Gasteiger partial charge in [-0.1, -0.05) is 49.1 Å². The van der Waals surface area contributed by atoms with Gasteiger partial charge < -0.3 is 19.7 Å². The molecular weight excluding hydrogens is 400 g/mol. The van der Waals surface area contributed by atoms with Crippen LogP contribution in [-0.2, 0) is 19.5 Å². The Labute approximate surface area is 190 Å². The number of hydrogen-bond donors (Lipinski definition) is 2. The summed E-state index contributed by atoms with van der Waals surface area (Å²) in [4.78, 5) is 12.0. The quantitative estimate of drug-likeness (QED) is 0.408. The maximum Gasteiger partial charge on any atom is 0.337 e. The molecule has 3 rings (SSSR count). The SMILES string of the molecule is C=Cc1ccc(Cn2c(C)c(CNCCc3ccc(OCC)cc3)c(C(=O)O)c2C)cc1. The zero-order valence-corrected chi connectivity index (χ0v) is 19.1. The zero-order chi connectivity index (χ0) is 23.1. The van der Waals surface area contributed by atoms with Crippen LogP contribution >= 0.6 is 0 Å². The monoisotopic (exact) mass is 432 g/mol. The lowest BCUT2D eigenvalue weighted by molar-refractivity contribution is 0.0694. The normalized spacial score (nSPS) is 10.8. The average molecular weight is 433 g/mol. The third-order valence-electron chi connectivity index (χ3n) is 5.81. The van der Waals surface area contributed by atoms with Crippen molar-refractivity contribution in [2.45, 2.75) is 40.3 Å². The lowest BCUT2D eigenvalue weighted by atomic mass is 10.1. The molecule has 32 heavy (non-hydrogen) atoms. The lowest BCUT2D eigenvalue weighted by Gasteiger charge is -2.11. The molecule has 0 spiro atoms. The van der Waals surface area contributed by atoms with Crippen molar-refractivity contribution in [3.05, 3.63) is 94.3 Å². The Morgan fingerprint density at radius 2 is 1.72 bits per heavy atom. The molecule has 0 radical (unpaired) electrons. The first kappa shape index (κ1) is 23.4. The summed E-state index contributed by atoms with van der Waals surface area (Å²) in [6, 6.07) is 16.3. The standard InChI is InChI=1S/C27H32N2O3/c1-5-21-7-9-23(10-8-21)18-29-19(3)25(26(20(29)4)27(30)31)17-28-16-15-22-11-13-24(14-12-22)32-6-2/h5,7-14,28H,1,6,15-18H2,2-4H3,(H,30,31). The number of hydrogen-bond acceptors (Lipinski definition) is 3. The molecule has 0 atom stereocenters. The van der Waals surface area contributed by atoms with Crippen molar-refractivity contribution < 1.29 is 14.6 Å². The van der Waals surface area contributed by atoms with Gasteiger partial charge >= 0.3 is 5.97 Å². The molecule has 0 bridgehead atoms.